The Morgan fingerprint density at radius 3 is 3.09 bits per heavy atom. The molecule has 0 atom stereocenters. The van der Waals surface area contributed by atoms with Gasteiger partial charge in [0.1, 0.15) is 5.69 Å². The second kappa shape index (κ2) is 3.07. The fourth-order valence-electron chi connectivity index (χ4n) is 0.648. The summed E-state index contributed by atoms with van der Waals surface area (Å²) in [4.78, 5) is 10.8. The lowest BCUT2D eigenvalue weighted by atomic mass is 10.4. The number of esters is 1. The van der Waals surface area contributed by atoms with E-state index in [1.807, 2.05) is 0 Å². The summed E-state index contributed by atoms with van der Waals surface area (Å²) in [6.45, 7) is 0. The maximum Gasteiger partial charge on any atom is 0.376 e. The van der Waals surface area contributed by atoms with E-state index in [0.717, 1.165) is 0 Å². The summed E-state index contributed by atoms with van der Waals surface area (Å²) in [5.74, 6) is -0.679. The minimum absolute atomic E-state index is 0.0463. The molecule has 2 N–H and O–H groups in total. The summed E-state index contributed by atoms with van der Waals surface area (Å²) in [5.41, 5.74) is 1.99. The number of carbonyl (C=O) groups excluding carboxylic acids is 1. The second-order valence-electron chi connectivity index (χ2n) is 1.77. The zero-order valence-corrected chi connectivity index (χ0v) is 5.83. The Balaban J connectivity index is 2.92. The molecule has 1 heterocycles. The lowest BCUT2D eigenvalue weighted by Gasteiger charge is -1.96. The zero-order valence-electron chi connectivity index (χ0n) is 5.83. The van der Waals surface area contributed by atoms with Gasteiger partial charge in [0.25, 0.3) is 0 Å². The second-order valence-corrected chi connectivity index (χ2v) is 1.77. The highest BCUT2D eigenvalue weighted by molar-refractivity contribution is 5.92. The van der Waals surface area contributed by atoms with Gasteiger partial charge in [0.2, 0.25) is 5.76 Å². The van der Waals surface area contributed by atoms with Crippen LogP contribution < -0.4 is 5.48 Å². The molecule has 5 heteroatoms. The van der Waals surface area contributed by atoms with E-state index < -0.39 is 5.97 Å². The van der Waals surface area contributed by atoms with Crippen LogP contribution in [0.5, 0.6) is 0 Å². The lowest BCUT2D eigenvalue weighted by Crippen LogP contribution is -2.02. The minimum atomic E-state index is -0.633. The quantitative estimate of drug-likeness (QED) is 0.492. The van der Waals surface area contributed by atoms with Gasteiger partial charge < -0.3 is 9.15 Å². The minimum Gasteiger partial charge on any atom is -0.463 e. The predicted molar refractivity (Wildman–Crippen MR) is 35.5 cm³/mol. The number of carbonyl (C=O) groups is 1. The Labute approximate surface area is 62.5 Å². The van der Waals surface area contributed by atoms with Crippen molar-refractivity contribution in [2.45, 2.75) is 0 Å². The first-order valence-electron chi connectivity index (χ1n) is 2.85. The summed E-state index contributed by atoms with van der Waals surface area (Å²) in [6, 6.07) is 1.41. The molecule has 0 saturated heterocycles. The van der Waals surface area contributed by atoms with E-state index in [2.05, 4.69) is 4.74 Å². The molecule has 0 aliphatic heterocycles. The third-order valence-electron chi connectivity index (χ3n) is 1.16. The summed E-state index contributed by atoms with van der Waals surface area (Å²) in [7, 11) is 1.23. The number of hydrogen-bond donors (Lipinski definition) is 2. The van der Waals surface area contributed by atoms with Crippen LogP contribution in [0.4, 0.5) is 5.69 Å². The molecule has 0 aliphatic rings. The molecule has 1 aromatic rings. The van der Waals surface area contributed by atoms with Gasteiger partial charge in [-0.25, -0.2) is 4.79 Å². The maximum absolute atomic E-state index is 10.8. The molecular formula is C6H7NO4. The smallest absolute Gasteiger partial charge is 0.376 e. The first-order chi connectivity index (χ1) is 5.29. The third-order valence-corrected chi connectivity index (χ3v) is 1.16. The molecule has 0 aliphatic carbocycles. The molecule has 60 valence electrons. The van der Waals surface area contributed by atoms with Crippen molar-refractivity contribution < 1.29 is 19.2 Å². The van der Waals surface area contributed by atoms with E-state index in [1.54, 1.807) is 5.48 Å². The molecule has 11 heavy (non-hydrogen) atoms. The van der Waals surface area contributed by atoms with Gasteiger partial charge in [-0.2, -0.15) is 0 Å². The van der Waals surface area contributed by atoms with Crippen molar-refractivity contribution >= 4 is 11.7 Å². The van der Waals surface area contributed by atoms with E-state index in [9.17, 15) is 4.79 Å². The molecule has 1 rings (SSSR count). The molecule has 0 spiro atoms. The van der Waals surface area contributed by atoms with Crippen LogP contribution in [0.3, 0.4) is 0 Å². The maximum atomic E-state index is 10.8. The highest BCUT2D eigenvalue weighted by Crippen LogP contribution is 2.16. The van der Waals surface area contributed by atoms with Crippen molar-refractivity contribution in [1.82, 2.24) is 0 Å². The number of nitrogens with one attached hydrogen (secondary N) is 1. The van der Waals surface area contributed by atoms with E-state index in [0.29, 0.717) is 0 Å². The van der Waals surface area contributed by atoms with E-state index in [-0.39, 0.29) is 11.4 Å². The van der Waals surface area contributed by atoms with Crippen molar-refractivity contribution in [1.29, 1.82) is 0 Å². The van der Waals surface area contributed by atoms with Gasteiger partial charge in [-0.15, -0.1) is 0 Å². The van der Waals surface area contributed by atoms with Crippen molar-refractivity contribution in [3.8, 4) is 0 Å². The lowest BCUT2D eigenvalue weighted by molar-refractivity contribution is 0.0565. The fraction of sp³-hybridized carbons (Fsp3) is 0.167. The molecule has 0 saturated carbocycles. The number of ether oxygens (including phenoxy) is 1. The first-order valence-corrected chi connectivity index (χ1v) is 2.85. The third kappa shape index (κ3) is 1.32. The van der Waals surface area contributed by atoms with E-state index in [4.69, 9.17) is 9.62 Å². The van der Waals surface area contributed by atoms with Crippen LogP contribution in [0, 0.1) is 0 Å². The summed E-state index contributed by atoms with van der Waals surface area (Å²) in [5, 5.41) is 8.43. The standard InChI is InChI=1S/C6H7NO4/c1-10-6(8)5-4(7-9)2-3-11-5/h2-3,7,9H,1H3. The van der Waals surface area contributed by atoms with Crippen molar-refractivity contribution in [2.24, 2.45) is 0 Å². The Morgan fingerprint density at radius 2 is 2.55 bits per heavy atom. The largest absolute Gasteiger partial charge is 0.463 e. The molecule has 5 nitrogen and oxygen atoms in total. The summed E-state index contributed by atoms with van der Waals surface area (Å²) in [6.07, 6.45) is 1.27. The van der Waals surface area contributed by atoms with Gasteiger partial charge in [0.15, 0.2) is 0 Å². The van der Waals surface area contributed by atoms with Crippen molar-refractivity contribution in [3.63, 3.8) is 0 Å². The zero-order chi connectivity index (χ0) is 8.27. The number of rotatable bonds is 2. The molecule has 0 unspecified atom stereocenters. The van der Waals surface area contributed by atoms with Crippen LogP contribution in [0.1, 0.15) is 10.6 Å². The molecule has 0 amide bonds. The molecule has 0 aromatic carbocycles. The first kappa shape index (κ1) is 7.62. The molecular weight excluding hydrogens is 150 g/mol. The van der Waals surface area contributed by atoms with Gasteiger partial charge in [-0.05, 0) is 0 Å². The van der Waals surface area contributed by atoms with Crippen LogP contribution in [0.2, 0.25) is 0 Å². The predicted octanol–water partition coefficient (Wildman–Crippen LogP) is 0.867. The van der Waals surface area contributed by atoms with Crippen LogP contribution in [0.25, 0.3) is 0 Å². The highest BCUT2D eigenvalue weighted by Gasteiger charge is 2.14. The van der Waals surface area contributed by atoms with Crippen molar-refractivity contribution in [3.05, 3.63) is 18.1 Å². The Hall–Kier alpha value is -1.49. The normalized spacial score (nSPS) is 9.27. The Morgan fingerprint density at radius 1 is 1.82 bits per heavy atom. The van der Waals surface area contributed by atoms with Gasteiger partial charge in [-0.3, -0.25) is 10.7 Å². The number of hydrogen-bond acceptors (Lipinski definition) is 5. The number of furan rings is 1. The van der Waals surface area contributed by atoms with E-state index in [1.165, 1.54) is 19.4 Å². The van der Waals surface area contributed by atoms with Crippen molar-refractivity contribution in [2.75, 3.05) is 12.6 Å². The number of anilines is 1. The summed E-state index contributed by atoms with van der Waals surface area (Å²) >= 11 is 0. The average Bonchev–Trinajstić information content (AvgIpc) is 2.50. The monoisotopic (exact) mass is 157 g/mol. The van der Waals surface area contributed by atoms with Gasteiger partial charge >= 0.3 is 5.97 Å². The van der Waals surface area contributed by atoms with Gasteiger partial charge in [-0.1, -0.05) is 0 Å². The van der Waals surface area contributed by atoms with Gasteiger partial charge in [0, 0.05) is 6.07 Å². The molecule has 0 bridgehead atoms. The van der Waals surface area contributed by atoms with E-state index >= 15 is 0 Å². The topological polar surface area (TPSA) is 71.7 Å². The molecule has 0 radical (unpaired) electrons. The summed E-state index contributed by atoms with van der Waals surface area (Å²) < 4.78 is 9.06. The highest BCUT2D eigenvalue weighted by atomic mass is 16.5. The Bertz CT molecular complexity index is 255. The fourth-order valence-corrected chi connectivity index (χ4v) is 0.648. The Kier molecular flexibility index (Phi) is 2.12. The van der Waals surface area contributed by atoms with Crippen LogP contribution >= 0.6 is 0 Å². The van der Waals surface area contributed by atoms with Crippen LogP contribution in [-0.2, 0) is 4.74 Å². The average molecular weight is 157 g/mol. The molecule has 0 fully saturated rings. The van der Waals surface area contributed by atoms with Crippen LogP contribution in [-0.4, -0.2) is 18.3 Å². The molecule has 1 aromatic heterocycles. The number of methoxy groups -OCH3 is 1. The van der Waals surface area contributed by atoms with Gasteiger partial charge in [0.05, 0.1) is 13.4 Å². The SMILES string of the molecule is COC(=O)c1occc1NO. The van der Waals surface area contributed by atoms with Crippen LogP contribution in [0.15, 0.2) is 16.7 Å².